The van der Waals surface area contributed by atoms with Crippen LogP contribution in [-0.2, 0) is 16.6 Å². The van der Waals surface area contributed by atoms with Crippen LogP contribution in [0.1, 0.15) is 24.0 Å². The summed E-state index contributed by atoms with van der Waals surface area (Å²) in [4.78, 5) is 2.39. The smallest absolute Gasteiger partial charge is 0.247 e. The number of rotatable bonds is 3. The maximum Gasteiger partial charge on any atom is 0.247 e. The zero-order chi connectivity index (χ0) is 15.1. The van der Waals surface area contributed by atoms with E-state index in [-0.39, 0.29) is 17.5 Å². The Morgan fingerprint density at radius 3 is 2.50 bits per heavy atom. The van der Waals surface area contributed by atoms with Gasteiger partial charge in [-0.25, -0.2) is 8.42 Å². The predicted octanol–water partition coefficient (Wildman–Crippen LogP) is 0.680. The summed E-state index contributed by atoms with van der Waals surface area (Å²) in [6.45, 7) is 7.48. The molecule has 7 heteroatoms. The summed E-state index contributed by atoms with van der Waals surface area (Å²) in [6.07, 6.45) is 0. The molecule has 0 spiro atoms. The number of piperazine rings is 1. The zero-order valence-electron chi connectivity index (χ0n) is 12.5. The first-order valence-electron chi connectivity index (χ1n) is 6.78. The zero-order valence-corrected chi connectivity index (χ0v) is 13.3. The van der Waals surface area contributed by atoms with Crippen molar-refractivity contribution in [2.24, 2.45) is 5.73 Å². The van der Waals surface area contributed by atoms with Crippen LogP contribution in [0, 0.1) is 13.8 Å². The monoisotopic (exact) mass is 301 g/mol. The average molecular weight is 301 g/mol. The lowest BCUT2D eigenvalue weighted by Crippen LogP contribution is -2.52. The third-order valence-corrected chi connectivity index (χ3v) is 6.08. The second-order valence-corrected chi connectivity index (χ2v) is 7.28. The van der Waals surface area contributed by atoms with Gasteiger partial charge in [-0.2, -0.15) is 4.31 Å². The fraction of sp³-hybridized carbons (Fsp3) is 0.692. The maximum atomic E-state index is 12.9. The molecule has 114 valence electrons. The Morgan fingerprint density at radius 2 is 1.95 bits per heavy atom. The second-order valence-electron chi connectivity index (χ2n) is 5.45. The summed E-state index contributed by atoms with van der Waals surface area (Å²) in [5.41, 5.74) is 6.29. The molecule has 0 amide bonds. The molecule has 0 aliphatic carbocycles. The number of nitrogens with two attached hydrogens (primary N) is 1. The van der Waals surface area contributed by atoms with E-state index in [2.05, 4.69) is 4.90 Å². The molecule has 0 radical (unpaired) electrons. The largest absolute Gasteiger partial charge is 0.465 e. The van der Waals surface area contributed by atoms with Crippen molar-refractivity contribution in [1.29, 1.82) is 0 Å². The molecule has 0 bridgehead atoms. The Labute approximate surface area is 120 Å². The molecule has 0 aromatic carbocycles. The molecule has 1 aromatic heterocycles. The Kier molecular flexibility index (Phi) is 4.24. The standard InChI is InChI=1S/C13H23N3O3S/c1-9-8-15(4)5-6-16(9)20(17,18)13-11(3)19-10(2)12(13)7-14/h9H,5-8,14H2,1-4H3. The molecular formula is C13H23N3O3S. The SMILES string of the molecule is Cc1oc(C)c(S(=O)(=O)N2CCN(C)CC2C)c1CN. The van der Waals surface area contributed by atoms with Gasteiger partial charge < -0.3 is 15.1 Å². The number of hydrogen-bond acceptors (Lipinski definition) is 5. The third kappa shape index (κ3) is 2.50. The summed E-state index contributed by atoms with van der Waals surface area (Å²) >= 11 is 0. The predicted molar refractivity (Wildman–Crippen MR) is 76.9 cm³/mol. The van der Waals surface area contributed by atoms with E-state index in [0.717, 1.165) is 13.1 Å². The molecule has 20 heavy (non-hydrogen) atoms. The van der Waals surface area contributed by atoms with Crippen LogP contribution in [0.4, 0.5) is 0 Å². The minimum Gasteiger partial charge on any atom is -0.465 e. The summed E-state index contributed by atoms with van der Waals surface area (Å²) in [5.74, 6) is 1.01. The van der Waals surface area contributed by atoms with Crippen LogP contribution in [-0.4, -0.2) is 50.3 Å². The van der Waals surface area contributed by atoms with E-state index in [1.807, 2.05) is 14.0 Å². The van der Waals surface area contributed by atoms with E-state index in [4.69, 9.17) is 10.2 Å². The lowest BCUT2D eigenvalue weighted by atomic mass is 10.2. The van der Waals surface area contributed by atoms with Crippen molar-refractivity contribution in [2.75, 3.05) is 26.7 Å². The molecule has 1 aromatic rings. The molecule has 2 N–H and O–H groups in total. The van der Waals surface area contributed by atoms with Crippen molar-refractivity contribution >= 4 is 10.0 Å². The molecule has 2 rings (SSSR count). The van der Waals surface area contributed by atoms with Gasteiger partial charge in [0.25, 0.3) is 0 Å². The molecule has 1 aliphatic rings. The number of sulfonamides is 1. The van der Waals surface area contributed by atoms with Crippen LogP contribution in [0.2, 0.25) is 0 Å². The molecule has 1 saturated heterocycles. The third-order valence-electron chi connectivity index (χ3n) is 3.87. The Balaban J connectivity index is 2.46. The van der Waals surface area contributed by atoms with Crippen LogP contribution in [0.5, 0.6) is 0 Å². The number of nitrogens with zero attached hydrogens (tertiary/aromatic N) is 2. The summed E-state index contributed by atoms with van der Waals surface area (Å²) in [5, 5.41) is 0. The van der Waals surface area contributed by atoms with Crippen molar-refractivity contribution in [1.82, 2.24) is 9.21 Å². The van der Waals surface area contributed by atoms with Crippen molar-refractivity contribution in [3.05, 3.63) is 17.1 Å². The van der Waals surface area contributed by atoms with Crippen molar-refractivity contribution in [2.45, 2.75) is 38.3 Å². The minimum atomic E-state index is -3.55. The number of furan rings is 1. The lowest BCUT2D eigenvalue weighted by Gasteiger charge is -2.37. The van der Waals surface area contributed by atoms with Gasteiger partial charge in [0.1, 0.15) is 16.4 Å². The van der Waals surface area contributed by atoms with Gasteiger partial charge in [-0.05, 0) is 27.8 Å². The van der Waals surface area contributed by atoms with Crippen molar-refractivity contribution < 1.29 is 12.8 Å². The molecule has 6 nitrogen and oxygen atoms in total. The van der Waals surface area contributed by atoms with Crippen LogP contribution >= 0.6 is 0 Å². The number of aryl methyl sites for hydroxylation is 2. The normalized spacial score (nSPS) is 22.4. The topological polar surface area (TPSA) is 79.8 Å². The van der Waals surface area contributed by atoms with Gasteiger partial charge in [-0.15, -0.1) is 0 Å². The summed E-state index contributed by atoms with van der Waals surface area (Å²) in [6, 6.07) is -0.0565. The van der Waals surface area contributed by atoms with E-state index in [0.29, 0.717) is 23.6 Å². The van der Waals surface area contributed by atoms with Crippen LogP contribution in [0.3, 0.4) is 0 Å². The van der Waals surface area contributed by atoms with Gasteiger partial charge in [0, 0.05) is 37.8 Å². The minimum absolute atomic E-state index is 0.0565. The van der Waals surface area contributed by atoms with Crippen LogP contribution in [0.15, 0.2) is 9.31 Å². The first-order valence-corrected chi connectivity index (χ1v) is 8.22. The highest BCUT2D eigenvalue weighted by atomic mass is 32.2. The molecule has 1 atom stereocenters. The fourth-order valence-electron chi connectivity index (χ4n) is 2.88. The molecule has 1 fully saturated rings. The van der Waals surface area contributed by atoms with Crippen molar-refractivity contribution in [3.63, 3.8) is 0 Å². The fourth-order valence-corrected chi connectivity index (χ4v) is 4.92. The second kappa shape index (κ2) is 5.48. The van der Waals surface area contributed by atoms with Crippen molar-refractivity contribution in [3.8, 4) is 0 Å². The summed E-state index contributed by atoms with van der Waals surface area (Å²) < 4.78 is 32.9. The average Bonchev–Trinajstić information content (AvgIpc) is 2.63. The van der Waals surface area contributed by atoms with E-state index in [1.54, 1.807) is 18.2 Å². The first-order chi connectivity index (χ1) is 9.28. The molecule has 2 heterocycles. The van der Waals surface area contributed by atoms with E-state index >= 15 is 0 Å². The van der Waals surface area contributed by atoms with Gasteiger partial charge in [0.05, 0.1) is 0 Å². The van der Waals surface area contributed by atoms with E-state index in [1.165, 1.54) is 0 Å². The quantitative estimate of drug-likeness (QED) is 0.888. The van der Waals surface area contributed by atoms with Gasteiger partial charge in [0.15, 0.2) is 0 Å². The van der Waals surface area contributed by atoms with Crippen LogP contribution < -0.4 is 5.73 Å². The van der Waals surface area contributed by atoms with Gasteiger partial charge >= 0.3 is 0 Å². The maximum absolute atomic E-state index is 12.9. The van der Waals surface area contributed by atoms with Gasteiger partial charge in [-0.3, -0.25) is 0 Å². The molecular weight excluding hydrogens is 278 g/mol. The Morgan fingerprint density at radius 1 is 1.30 bits per heavy atom. The summed E-state index contributed by atoms with van der Waals surface area (Å²) in [7, 11) is -1.56. The Bertz CT molecular complexity index is 594. The molecule has 1 unspecified atom stereocenters. The van der Waals surface area contributed by atoms with Gasteiger partial charge in [0.2, 0.25) is 10.0 Å². The number of hydrogen-bond donors (Lipinski definition) is 1. The number of likely N-dealkylation sites (N-methyl/N-ethyl adjacent to an activating group) is 1. The molecule has 0 saturated carbocycles. The first kappa shape index (κ1) is 15.5. The molecule has 1 aliphatic heterocycles. The van der Waals surface area contributed by atoms with Crippen LogP contribution in [0.25, 0.3) is 0 Å². The highest BCUT2D eigenvalue weighted by Crippen LogP contribution is 2.30. The highest BCUT2D eigenvalue weighted by molar-refractivity contribution is 7.89. The van der Waals surface area contributed by atoms with E-state index in [9.17, 15) is 8.42 Å². The van der Waals surface area contributed by atoms with E-state index < -0.39 is 10.0 Å². The highest BCUT2D eigenvalue weighted by Gasteiger charge is 2.36. The Hall–Kier alpha value is -0.890. The lowest BCUT2D eigenvalue weighted by molar-refractivity contribution is 0.170. The van der Waals surface area contributed by atoms with Gasteiger partial charge in [-0.1, -0.05) is 0 Å².